The molecule has 1 unspecified atom stereocenters. The molecule has 3 rings (SSSR count). The molecule has 0 saturated heterocycles. The molecule has 2 aromatic rings. The molecule has 1 heterocycles. The molecular formula is C15H13NS. The van der Waals surface area contributed by atoms with Gasteiger partial charge in [0.1, 0.15) is 4.99 Å². The molecule has 1 aliphatic rings. The summed E-state index contributed by atoms with van der Waals surface area (Å²) < 4.78 is 0. The van der Waals surface area contributed by atoms with Crippen molar-refractivity contribution in [2.45, 2.75) is 6.04 Å². The van der Waals surface area contributed by atoms with E-state index in [-0.39, 0.29) is 6.04 Å². The standard InChI is InChI=1S/C15H13NS/c1-16-14(11-7-3-2-4-8-11)12-9-5-6-10-13(12)15(16)17/h2-10,14H,1H3. The van der Waals surface area contributed by atoms with E-state index >= 15 is 0 Å². The number of fused-ring (bicyclic) bond motifs is 1. The highest BCUT2D eigenvalue weighted by Gasteiger charge is 2.31. The van der Waals surface area contributed by atoms with E-state index < -0.39 is 0 Å². The molecule has 0 aliphatic carbocycles. The van der Waals surface area contributed by atoms with Gasteiger partial charge in [0.25, 0.3) is 0 Å². The van der Waals surface area contributed by atoms with E-state index in [4.69, 9.17) is 12.2 Å². The number of rotatable bonds is 1. The highest BCUT2D eigenvalue weighted by molar-refractivity contribution is 7.80. The van der Waals surface area contributed by atoms with Crippen LogP contribution in [-0.4, -0.2) is 16.9 Å². The van der Waals surface area contributed by atoms with Crippen LogP contribution in [0.5, 0.6) is 0 Å². The summed E-state index contributed by atoms with van der Waals surface area (Å²) in [5.41, 5.74) is 3.80. The largest absolute Gasteiger partial charge is 0.354 e. The Morgan fingerprint density at radius 3 is 2.35 bits per heavy atom. The lowest BCUT2D eigenvalue weighted by Gasteiger charge is -2.22. The van der Waals surface area contributed by atoms with Crippen molar-refractivity contribution in [3.8, 4) is 0 Å². The fourth-order valence-corrected chi connectivity index (χ4v) is 2.78. The minimum atomic E-state index is 0.264. The molecule has 1 aliphatic heterocycles. The zero-order valence-corrected chi connectivity index (χ0v) is 10.4. The molecule has 2 aromatic carbocycles. The van der Waals surface area contributed by atoms with Crippen LogP contribution in [0.25, 0.3) is 0 Å². The lowest BCUT2D eigenvalue weighted by molar-refractivity contribution is 0.456. The van der Waals surface area contributed by atoms with Crippen molar-refractivity contribution in [1.82, 2.24) is 4.90 Å². The van der Waals surface area contributed by atoms with Gasteiger partial charge in [-0.3, -0.25) is 0 Å². The van der Waals surface area contributed by atoms with Crippen LogP contribution in [0, 0.1) is 0 Å². The maximum absolute atomic E-state index is 5.50. The maximum Gasteiger partial charge on any atom is 0.110 e. The summed E-state index contributed by atoms with van der Waals surface area (Å²) in [5, 5.41) is 0. The minimum Gasteiger partial charge on any atom is -0.354 e. The number of hydrogen-bond acceptors (Lipinski definition) is 1. The number of nitrogens with zero attached hydrogens (tertiary/aromatic N) is 1. The van der Waals surface area contributed by atoms with Gasteiger partial charge in [-0.05, 0) is 11.1 Å². The highest BCUT2D eigenvalue weighted by atomic mass is 32.1. The van der Waals surface area contributed by atoms with Gasteiger partial charge in [-0.25, -0.2) is 0 Å². The van der Waals surface area contributed by atoms with Crippen LogP contribution >= 0.6 is 12.2 Å². The zero-order chi connectivity index (χ0) is 11.8. The Hall–Kier alpha value is -1.67. The molecular weight excluding hydrogens is 226 g/mol. The average Bonchev–Trinajstić information content (AvgIpc) is 2.64. The summed E-state index contributed by atoms with van der Waals surface area (Å²) in [6.07, 6.45) is 0. The summed E-state index contributed by atoms with van der Waals surface area (Å²) >= 11 is 5.50. The van der Waals surface area contributed by atoms with Gasteiger partial charge in [-0.15, -0.1) is 0 Å². The minimum absolute atomic E-state index is 0.264. The van der Waals surface area contributed by atoms with E-state index in [9.17, 15) is 0 Å². The first-order chi connectivity index (χ1) is 8.29. The molecule has 2 heteroatoms. The van der Waals surface area contributed by atoms with Crippen molar-refractivity contribution in [2.75, 3.05) is 7.05 Å². The molecule has 0 amide bonds. The molecule has 1 atom stereocenters. The molecule has 84 valence electrons. The first-order valence-corrected chi connectivity index (χ1v) is 6.11. The summed E-state index contributed by atoms with van der Waals surface area (Å²) in [5.74, 6) is 0. The van der Waals surface area contributed by atoms with Gasteiger partial charge in [0.15, 0.2) is 0 Å². The van der Waals surface area contributed by atoms with E-state index in [1.165, 1.54) is 16.7 Å². The lowest BCUT2D eigenvalue weighted by Crippen LogP contribution is -2.22. The summed E-state index contributed by atoms with van der Waals surface area (Å²) in [6, 6.07) is 19.2. The van der Waals surface area contributed by atoms with Crippen LogP contribution in [-0.2, 0) is 0 Å². The van der Waals surface area contributed by atoms with Gasteiger partial charge in [0.05, 0.1) is 6.04 Å². The topological polar surface area (TPSA) is 3.24 Å². The van der Waals surface area contributed by atoms with Crippen LogP contribution in [0.1, 0.15) is 22.7 Å². The third-order valence-corrected chi connectivity index (χ3v) is 3.82. The fourth-order valence-electron chi connectivity index (χ4n) is 2.48. The van der Waals surface area contributed by atoms with E-state index in [0.717, 1.165) is 4.99 Å². The molecule has 0 spiro atoms. The normalized spacial score (nSPS) is 18.3. The van der Waals surface area contributed by atoms with Crippen LogP contribution in [0.3, 0.4) is 0 Å². The van der Waals surface area contributed by atoms with E-state index in [1.807, 2.05) is 12.1 Å². The smallest absolute Gasteiger partial charge is 0.110 e. The first-order valence-electron chi connectivity index (χ1n) is 5.70. The Labute approximate surface area is 107 Å². The molecule has 0 bridgehead atoms. The quantitative estimate of drug-likeness (QED) is 0.702. The van der Waals surface area contributed by atoms with Crippen LogP contribution in [0.4, 0.5) is 0 Å². The Morgan fingerprint density at radius 2 is 1.59 bits per heavy atom. The van der Waals surface area contributed by atoms with Crippen molar-refractivity contribution in [3.63, 3.8) is 0 Å². The molecule has 0 radical (unpaired) electrons. The van der Waals surface area contributed by atoms with Gasteiger partial charge in [0.2, 0.25) is 0 Å². The number of hydrogen-bond donors (Lipinski definition) is 0. The van der Waals surface area contributed by atoms with Crippen LogP contribution in [0.2, 0.25) is 0 Å². The monoisotopic (exact) mass is 239 g/mol. The fraction of sp³-hybridized carbons (Fsp3) is 0.133. The SMILES string of the molecule is CN1C(=S)c2ccccc2C1c1ccccc1. The predicted octanol–water partition coefficient (Wildman–Crippen LogP) is 3.40. The van der Waals surface area contributed by atoms with E-state index in [1.54, 1.807) is 0 Å². The van der Waals surface area contributed by atoms with Crippen LogP contribution in [0.15, 0.2) is 54.6 Å². The third-order valence-electron chi connectivity index (χ3n) is 3.31. The molecule has 17 heavy (non-hydrogen) atoms. The Kier molecular flexibility index (Phi) is 2.45. The second kappa shape index (κ2) is 3.97. The molecule has 0 fully saturated rings. The van der Waals surface area contributed by atoms with Gasteiger partial charge >= 0.3 is 0 Å². The molecule has 0 N–H and O–H groups in total. The maximum atomic E-state index is 5.50. The van der Waals surface area contributed by atoms with Crippen molar-refractivity contribution in [3.05, 3.63) is 71.3 Å². The Bertz CT molecular complexity index is 562. The van der Waals surface area contributed by atoms with Gasteiger partial charge in [0, 0.05) is 12.6 Å². The second-order valence-electron chi connectivity index (χ2n) is 4.32. The van der Waals surface area contributed by atoms with Crippen molar-refractivity contribution in [1.29, 1.82) is 0 Å². The number of thiocarbonyl (C=S) groups is 1. The van der Waals surface area contributed by atoms with Crippen molar-refractivity contribution in [2.24, 2.45) is 0 Å². The zero-order valence-electron chi connectivity index (χ0n) is 9.63. The van der Waals surface area contributed by atoms with E-state index in [0.29, 0.717) is 0 Å². The first kappa shape index (κ1) is 10.5. The van der Waals surface area contributed by atoms with Gasteiger partial charge < -0.3 is 4.90 Å². The average molecular weight is 239 g/mol. The van der Waals surface area contributed by atoms with Crippen molar-refractivity contribution >= 4 is 17.2 Å². The number of benzene rings is 2. The highest BCUT2D eigenvalue weighted by Crippen LogP contribution is 2.37. The summed E-state index contributed by atoms with van der Waals surface area (Å²) in [7, 11) is 2.07. The van der Waals surface area contributed by atoms with E-state index in [2.05, 4.69) is 54.4 Å². The predicted molar refractivity (Wildman–Crippen MR) is 74.2 cm³/mol. The Morgan fingerprint density at radius 1 is 0.941 bits per heavy atom. The molecule has 0 aromatic heterocycles. The Balaban J connectivity index is 2.16. The third kappa shape index (κ3) is 1.56. The van der Waals surface area contributed by atoms with Gasteiger partial charge in [-0.1, -0.05) is 66.8 Å². The van der Waals surface area contributed by atoms with Crippen LogP contribution < -0.4 is 0 Å². The van der Waals surface area contributed by atoms with Crippen molar-refractivity contribution < 1.29 is 0 Å². The summed E-state index contributed by atoms with van der Waals surface area (Å²) in [4.78, 5) is 3.12. The molecule has 0 saturated carbocycles. The second-order valence-corrected chi connectivity index (χ2v) is 4.70. The summed E-state index contributed by atoms with van der Waals surface area (Å²) in [6.45, 7) is 0. The lowest BCUT2D eigenvalue weighted by atomic mass is 9.98. The van der Waals surface area contributed by atoms with Gasteiger partial charge in [-0.2, -0.15) is 0 Å². The molecule has 1 nitrogen and oxygen atoms in total.